The predicted octanol–water partition coefficient (Wildman–Crippen LogP) is 4.30. The average Bonchev–Trinajstić information content (AvgIpc) is 3.19. The fourth-order valence-electron chi connectivity index (χ4n) is 8.75. The summed E-state index contributed by atoms with van der Waals surface area (Å²) in [6.45, 7) is 14.6. The smallest absolute Gasteiger partial charge is 0.309 e. The van der Waals surface area contributed by atoms with Crippen LogP contribution in [0.25, 0.3) is 0 Å². The standard InChI is InChI=1S/C46H73NO17/c1-13-18-36(52)61-44-29(6)57-38(25-46(44,9)64-31(8)50)62-41-28(5)58-45(40(54)39(41)47(10)11)63-42-32(21-22-48)23-26(3)33(59-30(7)49)20-17-15-16-19-27(4)56-37(53)24-34(43(42)55-12)60-35(51)14-2/h15-17,20,22,26-29,32-34,38-45,54H,13-14,18-19,21,23-25H2,1-12H3/b16-15+,20-17+/t26-,27-,28+,29+,32+,33+,34-,38-,39-,40+,41-,42+,43+,44+,45+,46-/m1/s1. The molecular formula is C46H73NO17. The molecule has 0 unspecified atom stereocenters. The first-order chi connectivity index (χ1) is 30.2. The first-order valence-electron chi connectivity index (χ1n) is 22.4. The molecule has 3 aliphatic heterocycles. The van der Waals surface area contributed by atoms with E-state index in [9.17, 15) is 33.9 Å². The lowest BCUT2D eigenvalue weighted by Crippen LogP contribution is -2.66. The second-order valence-electron chi connectivity index (χ2n) is 17.5. The fourth-order valence-corrected chi connectivity index (χ4v) is 8.75. The molecule has 3 heterocycles. The monoisotopic (exact) mass is 911 g/mol. The molecular weight excluding hydrogens is 838 g/mol. The minimum absolute atomic E-state index is 0.0254. The molecule has 0 amide bonds. The van der Waals surface area contributed by atoms with Gasteiger partial charge in [0.05, 0.1) is 30.8 Å². The average molecular weight is 912 g/mol. The van der Waals surface area contributed by atoms with Gasteiger partial charge >= 0.3 is 29.8 Å². The molecule has 0 saturated carbocycles. The van der Waals surface area contributed by atoms with Crippen molar-refractivity contribution < 1.29 is 81.2 Å². The molecule has 18 heteroatoms. The highest BCUT2D eigenvalue weighted by molar-refractivity contribution is 5.73. The number of aliphatic hydroxyl groups excluding tert-OH is 1. The number of allylic oxidation sites excluding steroid dienone is 2. The number of nitrogens with zero attached hydrogens (tertiary/aromatic N) is 1. The number of cyclic esters (lactones) is 1. The molecule has 3 aliphatic rings. The number of aldehydes is 1. The Bertz CT molecular complexity index is 1600. The molecule has 2 fully saturated rings. The Morgan fingerprint density at radius 1 is 0.922 bits per heavy atom. The normalized spacial score (nSPS) is 37.7. The molecule has 3 rings (SSSR count). The van der Waals surface area contributed by atoms with Crippen LogP contribution >= 0.6 is 0 Å². The second kappa shape index (κ2) is 25.8. The lowest BCUT2D eigenvalue weighted by atomic mass is 9.82. The molecule has 0 aromatic rings. The molecule has 0 bridgehead atoms. The maximum Gasteiger partial charge on any atom is 0.309 e. The lowest BCUT2D eigenvalue weighted by molar-refractivity contribution is -0.344. The Morgan fingerprint density at radius 2 is 1.62 bits per heavy atom. The molecule has 16 atom stereocenters. The van der Waals surface area contributed by atoms with Crippen LogP contribution in [-0.4, -0.2) is 153 Å². The number of carbonyl (C=O) groups is 6. The Labute approximate surface area is 377 Å². The van der Waals surface area contributed by atoms with E-state index in [4.69, 9.17) is 47.4 Å². The topological polar surface area (TPSA) is 218 Å². The van der Waals surface area contributed by atoms with E-state index in [1.807, 2.05) is 13.8 Å². The van der Waals surface area contributed by atoms with Crippen LogP contribution in [0.15, 0.2) is 24.3 Å². The van der Waals surface area contributed by atoms with Crippen molar-refractivity contribution in [1.82, 2.24) is 4.90 Å². The number of hydrogen-bond acceptors (Lipinski definition) is 18. The summed E-state index contributed by atoms with van der Waals surface area (Å²) in [6, 6.07) is -0.833. The van der Waals surface area contributed by atoms with Crippen LogP contribution in [-0.2, 0) is 76.1 Å². The van der Waals surface area contributed by atoms with Crippen LogP contribution in [0.3, 0.4) is 0 Å². The minimum Gasteiger partial charge on any atom is -0.462 e. The first kappa shape index (κ1) is 54.6. The van der Waals surface area contributed by atoms with Crippen molar-refractivity contribution in [3.05, 3.63) is 24.3 Å². The van der Waals surface area contributed by atoms with Gasteiger partial charge in [0.15, 0.2) is 24.3 Å². The number of carbonyl (C=O) groups excluding carboxylic acids is 6. The molecule has 0 radical (unpaired) electrons. The SMILES string of the molecule is CCCC(=O)O[C@H]1[C@H](C)O[C@H](O[C@H]2[C@H](N(C)C)[C@H](O)[C@H](O[C@H]3[C@@H](CC=O)C[C@@H](C)[C@@H](OC(C)=O)/C=C/C=C/C[C@@H](C)OC(=O)C[C@@H](OC(=O)CC)[C@@H]3OC)O[C@H]2C)C[C@@]1(C)OC(C)=O. The van der Waals surface area contributed by atoms with E-state index in [0.717, 1.165) is 0 Å². The van der Waals surface area contributed by atoms with Crippen LogP contribution in [0, 0.1) is 11.8 Å². The van der Waals surface area contributed by atoms with Crippen molar-refractivity contribution in [3.63, 3.8) is 0 Å². The van der Waals surface area contributed by atoms with E-state index in [-0.39, 0.29) is 32.1 Å². The number of esters is 5. The van der Waals surface area contributed by atoms with E-state index in [0.29, 0.717) is 19.1 Å². The van der Waals surface area contributed by atoms with Gasteiger partial charge in [0.1, 0.15) is 42.9 Å². The van der Waals surface area contributed by atoms with Crippen LogP contribution in [0.5, 0.6) is 0 Å². The van der Waals surface area contributed by atoms with Gasteiger partial charge in [-0.15, -0.1) is 0 Å². The third-order valence-corrected chi connectivity index (χ3v) is 11.7. The van der Waals surface area contributed by atoms with Crippen molar-refractivity contribution in [2.24, 2.45) is 11.8 Å². The third-order valence-electron chi connectivity index (χ3n) is 11.7. The zero-order valence-corrected chi connectivity index (χ0v) is 39.6. The maximum atomic E-state index is 13.5. The Kier molecular flexibility index (Phi) is 22.0. The van der Waals surface area contributed by atoms with Gasteiger partial charge in [-0.3, -0.25) is 24.0 Å². The van der Waals surface area contributed by atoms with Crippen molar-refractivity contribution in [2.45, 2.75) is 199 Å². The van der Waals surface area contributed by atoms with Crippen LogP contribution in [0.1, 0.15) is 114 Å². The first-order valence-corrected chi connectivity index (χ1v) is 22.4. The van der Waals surface area contributed by atoms with Crippen LogP contribution in [0.2, 0.25) is 0 Å². The van der Waals surface area contributed by atoms with Crippen LogP contribution < -0.4 is 0 Å². The van der Waals surface area contributed by atoms with E-state index >= 15 is 0 Å². The number of methoxy groups -OCH3 is 1. The number of aliphatic hydroxyl groups is 1. The molecule has 0 aromatic carbocycles. The highest BCUT2D eigenvalue weighted by Crippen LogP contribution is 2.39. The van der Waals surface area contributed by atoms with E-state index in [1.54, 1.807) is 77.9 Å². The van der Waals surface area contributed by atoms with Gasteiger partial charge < -0.3 is 62.2 Å². The van der Waals surface area contributed by atoms with Gasteiger partial charge in [0.2, 0.25) is 0 Å². The van der Waals surface area contributed by atoms with E-state index in [1.165, 1.54) is 21.0 Å². The summed E-state index contributed by atoms with van der Waals surface area (Å²) in [7, 11) is 4.83. The second-order valence-corrected chi connectivity index (χ2v) is 17.5. The molecule has 1 N–H and O–H groups in total. The number of ether oxygens (including phenoxy) is 10. The highest BCUT2D eigenvalue weighted by atomic mass is 16.7. The van der Waals surface area contributed by atoms with Crippen molar-refractivity contribution in [2.75, 3.05) is 21.2 Å². The summed E-state index contributed by atoms with van der Waals surface area (Å²) in [5, 5.41) is 12.3. The molecule has 0 spiro atoms. The predicted molar refractivity (Wildman–Crippen MR) is 229 cm³/mol. The summed E-state index contributed by atoms with van der Waals surface area (Å²) in [6.07, 6.45) is -3.84. The molecule has 0 aliphatic carbocycles. The van der Waals surface area contributed by atoms with Gasteiger partial charge in [-0.25, -0.2) is 0 Å². The molecule has 64 heavy (non-hydrogen) atoms. The summed E-state index contributed by atoms with van der Waals surface area (Å²) < 4.78 is 60.9. The number of likely N-dealkylation sites (N-methyl/N-ethyl adjacent to an activating group) is 1. The molecule has 2 saturated heterocycles. The van der Waals surface area contributed by atoms with E-state index in [2.05, 4.69) is 0 Å². The zero-order chi connectivity index (χ0) is 47.9. The molecule has 364 valence electrons. The number of hydrogen-bond donors (Lipinski definition) is 1. The van der Waals surface area contributed by atoms with Crippen molar-refractivity contribution in [3.8, 4) is 0 Å². The Hall–Kier alpha value is -3.78. The van der Waals surface area contributed by atoms with Crippen molar-refractivity contribution >= 4 is 36.1 Å². The Balaban J connectivity index is 2.08. The summed E-state index contributed by atoms with van der Waals surface area (Å²) >= 11 is 0. The fraction of sp³-hybridized carbons (Fsp3) is 0.783. The Morgan fingerprint density at radius 3 is 2.22 bits per heavy atom. The van der Waals surface area contributed by atoms with Gasteiger partial charge in [0.25, 0.3) is 0 Å². The van der Waals surface area contributed by atoms with Gasteiger partial charge in [-0.1, -0.05) is 39.0 Å². The third kappa shape index (κ3) is 15.7. The summed E-state index contributed by atoms with van der Waals surface area (Å²) in [5.74, 6) is -4.02. The quantitative estimate of drug-likeness (QED) is 0.138. The van der Waals surface area contributed by atoms with Gasteiger partial charge in [-0.2, -0.15) is 0 Å². The maximum absolute atomic E-state index is 13.5. The minimum atomic E-state index is -1.45. The molecule has 0 aromatic heterocycles. The van der Waals surface area contributed by atoms with Gasteiger partial charge in [0, 0.05) is 53.1 Å². The summed E-state index contributed by atoms with van der Waals surface area (Å²) in [4.78, 5) is 77.9. The van der Waals surface area contributed by atoms with E-state index < -0.39 is 133 Å². The summed E-state index contributed by atoms with van der Waals surface area (Å²) in [5.41, 5.74) is -1.33. The highest BCUT2D eigenvalue weighted by Gasteiger charge is 2.54. The number of rotatable bonds is 15. The lowest BCUT2D eigenvalue weighted by Gasteiger charge is -2.50. The van der Waals surface area contributed by atoms with Gasteiger partial charge in [-0.05, 0) is 72.5 Å². The van der Waals surface area contributed by atoms with Crippen molar-refractivity contribution in [1.29, 1.82) is 0 Å². The van der Waals surface area contributed by atoms with Crippen LogP contribution in [0.4, 0.5) is 0 Å². The largest absolute Gasteiger partial charge is 0.462 e. The zero-order valence-electron chi connectivity index (χ0n) is 39.6. The molecule has 18 nitrogen and oxygen atoms in total.